The van der Waals surface area contributed by atoms with Gasteiger partial charge >= 0.3 is 5.97 Å². The van der Waals surface area contributed by atoms with Crippen LogP contribution in [0.2, 0.25) is 0 Å². The van der Waals surface area contributed by atoms with E-state index >= 15 is 0 Å². The smallest absolute Gasteiger partial charge is 0.317 e. The Balaban J connectivity index is 0.000000122. The third-order valence-corrected chi connectivity index (χ3v) is 6.72. The molecule has 1 heterocycles. The molecule has 5 nitrogen and oxygen atoms in total. The summed E-state index contributed by atoms with van der Waals surface area (Å²) < 4.78 is 2.08. The first kappa shape index (κ1) is 19.5. The highest BCUT2D eigenvalue weighted by molar-refractivity contribution is 7.73. The molecule has 4 bridgehead atoms. The summed E-state index contributed by atoms with van der Waals surface area (Å²) in [6.07, 6.45) is 7.66. The van der Waals surface area contributed by atoms with Crippen LogP contribution in [0.15, 0.2) is 24.3 Å². The molecular weight excluding hydrogens is 368 g/mol. The lowest BCUT2D eigenvalue weighted by Gasteiger charge is -2.54. The van der Waals surface area contributed by atoms with Gasteiger partial charge in [0.25, 0.3) is 0 Å². The monoisotopic (exact) mass is 394 g/mol. The highest BCUT2D eigenvalue weighted by atomic mass is 32.1. The van der Waals surface area contributed by atoms with Gasteiger partial charge in [-0.3, -0.25) is 4.79 Å². The van der Waals surface area contributed by atoms with Crippen LogP contribution >= 0.6 is 23.6 Å². The molecule has 4 aliphatic rings. The molecular formula is C19H26N2O3S2. The van der Waals surface area contributed by atoms with Crippen LogP contribution in [0, 0.1) is 21.7 Å². The minimum Gasteiger partial charge on any atom is -0.480 e. The Morgan fingerprint density at radius 2 is 1.69 bits per heavy atom. The predicted molar refractivity (Wildman–Crippen MR) is 107 cm³/mol. The lowest BCUT2D eigenvalue weighted by atomic mass is 9.54. The van der Waals surface area contributed by atoms with Gasteiger partial charge in [-0.15, -0.1) is 11.3 Å². The number of nitrogens with two attached hydrogens (primary N) is 1. The van der Waals surface area contributed by atoms with Crippen molar-refractivity contribution in [3.63, 3.8) is 0 Å². The van der Waals surface area contributed by atoms with Gasteiger partial charge < -0.3 is 20.9 Å². The van der Waals surface area contributed by atoms with Crippen LogP contribution in [0.25, 0.3) is 10.2 Å². The number of fused-ring (bicyclic) bond motifs is 1. The molecule has 0 unspecified atom stereocenters. The Labute approximate surface area is 162 Å². The Kier molecular flexibility index (Phi) is 6.12. The highest BCUT2D eigenvalue weighted by Gasteiger charge is 2.49. The average Bonchev–Trinajstić information content (AvgIpc) is 2.93. The molecule has 2 aromatic rings. The normalized spacial score (nSPS) is 30.9. The molecule has 0 spiro atoms. The number of carbonyl (C=O) groups is 1. The van der Waals surface area contributed by atoms with Gasteiger partial charge in [0.15, 0.2) is 3.95 Å². The van der Waals surface area contributed by atoms with Crippen molar-refractivity contribution in [2.45, 2.75) is 44.1 Å². The first-order valence-corrected chi connectivity index (χ1v) is 10.3. The fourth-order valence-electron chi connectivity index (χ4n) is 4.96. The number of carboxylic acid groups (broad SMARTS) is 1. The van der Waals surface area contributed by atoms with E-state index in [1.54, 1.807) is 11.3 Å². The van der Waals surface area contributed by atoms with Gasteiger partial charge in [0, 0.05) is 0 Å². The lowest BCUT2D eigenvalue weighted by Crippen LogP contribution is -2.50. The zero-order valence-corrected chi connectivity index (χ0v) is 16.3. The van der Waals surface area contributed by atoms with Crippen LogP contribution in [-0.4, -0.2) is 33.3 Å². The van der Waals surface area contributed by atoms with Crippen LogP contribution in [0.5, 0.6) is 0 Å². The van der Waals surface area contributed by atoms with Crippen LogP contribution in [0.3, 0.4) is 0 Å². The number of thiazole rings is 1. The van der Waals surface area contributed by atoms with Crippen molar-refractivity contribution in [2.24, 2.45) is 23.5 Å². The number of benzene rings is 1. The molecule has 6 rings (SSSR count). The summed E-state index contributed by atoms with van der Waals surface area (Å²) in [5, 5.41) is 17.7. The van der Waals surface area contributed by atoms with Gasteiger partial charge in [0.2, 0.25) is 0 Å². The molecule has 5 N–H and O–H groups in total. The second kappa shape index (κ2) is 8.17. The zero-order chi connectivity index (χ0) is 18.7. The molecule has 26 heavy (non-hydrogen) atoms. The highest BCUT2D eigenvalue weighted by Crippen LogP contribution is 2.55. The second-order valence-electron chi connectivity index (χ2n) is 7.75. The number of carboxylic acids is 1. The van der Waals surface area contributed by atoms with Crippen molar-refractivity contribution in [2.75, 3.05) is 6.54 Å². The summed E-state index contributed by atoms with van der Waals surface area (Å²) >= 11 is 6.59. The maximum atomic E-state index is 10.1. The molecule has 7 heteroatoms. The van der Waals surface area contributed by atoms with E-state index in [2.05, 4.69) is 16.8 Å². The van der Waals surface area contributed by atoms with Crippen LogP contribution < -0.4 is 5.73 Å². The molecule has 1 aromatic carbocycles. The molecule has 0 radical (unpaired) electrons. The van der Waals surface area contributed by atoms with Crippen molar-refractivity contribution in [3.8, 4) is 0 Å². The van der Waals surface area contributed by atoms with Crippen molar-refractivity contribution in [1.29, 1.82) is 0 Å². The number of H-pyrrole nitrogens is 1. The van der Waals surface area contributed by atoms with Crippen molar-refractivity contribution >= 4 is 39.7 Å². The number of aliphatic carboxylic acids is 1. The van der Waals surface area contributed by atoms with E-state index in [-0.39, 0.29) is 12.1 Å². The average molecular weight is 395 g/mol. The first-order chi connectivity index (χ1) is 12.4. The fraction of sp³-hybridized carbons (Fsp3) is 0.579. The van der Waals surface area contributed by atoms with E-state index in [0.717, 1.165) is 46.5 Å². The van der Waals surface area contributed by atoms with E-state index in [4.69, 9.17) is 17.3 Å². The van der Waals surface area contributed by atoms with Gasteiger partial charge in [-0.2, -0.15) is 0 Å². The van der Waals surface area contributed by atoms with Crippen LogP contribution in [0.4, 0.5) is 0 Å². The summed E-state index contributed by atoms with van der Waals surface area (Å²) in [5.41, 5.74) is 5.51. The first-order valence-electron chi connectivity index (χ1n) is 9.09. The number of aromatic nitrogens is 1. The van der Waals surface area contributed by atoms with Gasteiger partial charge in [-0.25, -0.2) is 0 Å². The topological polar surface area (TPSA) is 99.3 Å². The number of para-hydroxylation sites is 1. The summed E-state index contributed by atoms with van der Waals surface area (Å²) in [7, 11) is 0. The summed E-state index contributed by atoms with van der Waals surface area (Å²) in [5.74, 6) is 1.72. The summed E-state index contributed by atoms with van der Waals surface area (Å²) in [6, 6.07) is 8.11. The van der Waals surface area contributed by atoms with Crippen molar-refractivity contribution in [1.82, 2.24) is 4.98 Å². The number of hydrogen-bond acceptors (Lipinski definition) is 5. The fourth-order valence-corrected chi connectivity index (χ4v) is 6.07. The Morgan fingerprint density at radius 3 is 2.12 bits per heavy atom. The van der Waals surface area contributed by atoms with Crippen LogP contribution in [-0.2, 0) is 4.79 Å². The second-order valence-corrected chi connectivity index (χ2v) is 9.47. The zero-order valence-electron chi connectivity index (χ0n) is 14.7. The number of hydrogen-bond donors (Lipinski definition) is 4. The van der Waals surface area contributed by atoms with Crippen LogP contribution in [0.1, 0.15) is 38.5 Å². The molecule has 0 amide bonds. The minimum atomic E-state index is -0.968. The standard InChI is InChI=1S/C10H16O.C7H5NS2.C2H5NO2/c11-10-4-7-1-8(5-10)3-9(2-7)6-10;9-7-8-5-3-1-2-4-6(5)10-7;3-1-2(4)5/h7-9,11H,1-6H2;1-4H,(H,8,9);1,3H2,(H,4,5). The quantitative estimate of drug-likeness (QED) is 0.549. The molecule has 4 fully saturated rings. The number of aliphatic hydroxyl groups is 1. The van der Waals surface area contributed by atoms with E-state index < -0.39 is 5.97 Å². The maximum absolute atomic E-state index is 10.1. The largest absolute Gasteiger partial charge is 0.480 e. The third-order valence-electron chi connectivity index (χ3n) is 5.51. The third kappa shape index (κ3) is 4.91. The van der Waals surface area contributed by atoms with E-state index in [9.17, 15) is 9.90 Å². The minimum absolute atomic E-state index is 0.200. The number of aromatic amines is 1. The predicted octanol–water partition coefficient (Wildman–Crippen LogP) is 3.94. The Bertz CT molecular complexity index is 743. The van der Waals surface area contributed by atoms with E-state index in [1.165, 1.54) is 24.0 Å². The van der Waals surface area contributed by atoms with Gasteiger partial charge in [-0.05, 0) is 80.6 Å². The number of rotatable bonds is 1. The van der Waals surface area contributed by atoms with Gasteiger partial charge in [0.05, 0.1) is 22.4 Å². The summed E-state index contributed by atoms with van der Waals surface area (Å²) in [6.45, 7) is -0.278. The van der Waals surface area contributed by atoms with E-state index in [0.29, 0.717) is 0 Å². The molecule has 142 valence electrons. The van der Waals surface area contributed by atoms with E-state index in [1.807, 2.05) is 18.2 Å². The Hall–Kier alpha value is -1.28. The molecule has 0 saturated heterocycles. The van der Waals surface area contributed by atoms with Gasteiger partial charge in [0.1, 0.15) is 0 Å². The number of nitrogens with one attached hydrogen (secondary N) is 1. The molecule has 4 aliphatic carbocycles. The SMILES string of the molecule is NCC(=O)O.OC12CC3CC(CC(C3)C1)C2.S=c1[nH]c2ccccc2s1. The maximum Gasteiger partial charge on any atom is 0.317 e. The Morgan fingerprint density at radius 1 is 1.19 bits per heavy atom. The lowest BCUT2D eigenvalue weighted by molar-refractivity contribution is -0.135. The molecule has 0 atom stereocenters. The molecule has 0 aliphatic heterocycles. The molecule has 4 saturated carbocycles. The van der Waals surface area contributed by atoms with Crippen molar-refractivity contribution < 1.29 is 15.0 Å². The summed E-state index contributed by atoms with van der Waals surface area (Å²) in [4.78, 5) is 12.3. The van der Waals surface area contributed by atoms with Gasteiger partial charge in [-0.1, -0.05) is 12.1 Å². The van der Waals surface area contributed by atoms with Crippen molar-refractivity contribution in [3.05, 3.63) is 28.2 Å². The molecule has 1 aromatic heterocycles.